The number of carbonyl (C=O) groups excluding carboxylic acids is 1. The van der Waals surface area contributed by atoms with Crippen molar-refractivity contribution in [2.75, 3.05) is 44.4 Å². The van der Waals surface area contributed by atoms with Gasteiger partial charge in [-0.1, -0.05) is 0 Å². The lowest BCUT2D eigenvalue weighted by Crippen LogP contribution is -2.37. The molecule has 1 amide bonds. The summed E-state index contributed by atoms with van der Waals surface area (Å²) in [5.41, 5.74) is 1.09. The number of hydrogen-bond donors (Lipinski definition) is 1. The molecule has 5 rings (SSSR count). The first-order chi connectivity index (χ1) is 14.3. The van der Waals surface area contributed by atoms with Gasteiger partial charge in [0, 0.05) is 55.5 Å². The summed E-state index contributed by atoms with van der Waals surface area (Å²) in [4.78, 5) is 24.8. The van der Waals surface area contributed by atoms with Gasteiger partial charge in [-0.15, -0.1) is 11.3 Å². The Bertz CT molecular complexity index is 883. The lowest BCUT2D eigenvalue weighted by molar-refractivity contribution is 0.0845. The van der Waals surface area contributed by atoms with Crippen LogP contribution in [0, 0.1) is 0 Å². The fraction of sp³-hybridized carbons (Fsp3) is 0.550. The van der Waals surface area contributed by atoms with Gasteiger partial charge in [-0.3, -0.25) is 4.79 Å². The SMILES string of the molecule is O=C(NC1CCN(c2nccc(C3CCOCC3)n2)C1)c1scc2c1OCCO2. The Labute approximate surface area is 173 Å². The second-order valence-corrected chi connectivity index (χ2v) is 8.41. The van der Waals surface area contributed by atoms with Gasteiger partial charge < -0.3 is 24.4 Å². The molecular weight excluding hydrogens is 392 g/mol. The molecule has 9 heteroatoms. The van der Waals surface area contributed by atoms with E-state index in [1.807, 2.05) is 17.6 Å². The van der Waals surface area contributed by atoms with E-state index in [4.69, 9.17) is 19.2 Å². The van der Waals surface area contributed by atoms with E-state index in [1.165, 1.54) is 11.3 Å². The van der Waals surface area contributed by atoms with Crippen molar-refractivity contribution < 1.29 is 19.0 Å². The van der Waals surface area contributed by atoms with Crippen molar-refractivity contribution >= 4 is 23.2 Å². The summed E-state index contributed by atoms with van der Waals surface area (Å²) < 4.78 is 16.6. The molecule has 0 bridgehead atoms. The van der Waals surface area contributed by atoms with E-state index in [0.29, 0.717) is 42.1 Å². The first-order valence-electron chi connectivity index (χ1n) is 10.1. The number of thiophene rings is 1. The highest BCUT2D eigenvalue weighted by atomic mass is 32.1. The average molecular weight is 417 g/mol. The summed E-state index contributed by atoms with van der Waals surface area (Å²) in [6, 6.07) is 2.07. The number of ether oxygens (including phenoxy) is 3. The molecule has 0 aromatic carbocycles. The van der Waals surface area contributed by atoms with Crippen LogP contribution in [0.2, 0.25) is 0 Å². The van der Waals surface area contributed by atoms with E-state index in [-0.39, 0.29) is 11.9 Å². The molecule has 1 unspecified atom stereocenters. The summed E-state index contributed by atoms with van der Waals surface area (Å²) in [5.74, 6) is 2.32. The molecule has 2 aromatic rings. The van der Waals surface area contributed by atoms with Crippen LogP contribution in [-0.4, -0.2) is 61.4 Å². The molecule has 0 spiro atoms. The first-order valence-corrected chi connectivity index (χ1v) is 11.0. The Balaban J connectivity index is 1.22. The Kier molecular flexibility index (Phi) is 5.24. The maximum absolute atomic E-state index is 12.7. The zero-order chi connectivity index (χ0) is 19.6. The van der Waals surface area contributed by atoms with Gasteiger partial charge >= 0.3 is 0 Å². The van der Waals surface area contributed by atoms with Gasteiger partial charge in [0.2, 0.25) is 5.95 Å². The molecule has 154 valence electrons. The number of hydrogen-bond acceptors (Lipinski definition) is 8. The molecule has 0 radical (unpaired) electrons. The Morgan fingerprint density at radius 2 is 2.03 bits per heavy atom. The van der Waals surface area contributed by atoms with Crippen LogP contribution < -0.4 is 19.7 Å². The quantitative estimate of drug-likeness (QED) is 0.818. The molecule has 8 nitrogen and oxygen atoms in total. The number of aromatic nitrogens is 2. The number of amides is 1. The number of rotatable bonds is 4. The molecule has 5 heterocycles. The molecule has 1 N–H and O–H groups in total. The average Bonchev–Trinajstić information content (AvgIpc) is 3.42. The summed E-state index contributed by atoms with van der Waals surface area (Å²) >= 11 is 1.36. The van der Waals surface area contributed by atoms with Crippen LogP contribution in [0.25, 0.3) is 0 Å². The van der Waals surface area contributed by atoms with E-state index in [9.17, 15) is 4.79 Å². The normalized spacial score (nSPS) is 21.9. The van der Waals surface area contributed by atoms with Gasteiger partial charge in [-0.05, 0) is 25.3 Å². The topological polar surface area (TPSA) is 85.8 Å². The highest BCUT2D eigenvalue weighted by molar-refractivity contribution is 7.12. The predicted octanol–water partition coefficient (Wildman–Crippen LogP) is 2.21. The van der Waals surface area contributed by atoms with Crippen molar-refractivity contribution in [3.8, 4) is 11.5 Å². The van der Waals surface area contributed by atoms with Gasteiger partial charge in [0.1, 0.15) is 18.1 Å². The minimum absolute atomic E-state index is 0.0556. The summed E-state index contributed by atoms with van der Waals surface area (Å²) in [6.07, 6.45) is 4.72. The highest BCUT2D eigenvalue weighted by Crippen LogP contribution is 2.39. The van der Waals surface area contributed by atoms with Gasteiger partial charge in [0.05, 0.1) is 0 Å². The van der Waals surface area contributed by atoms with Crippen LogP contribution in [-0.2, 0) is 4.74 Å². The third kappa shape index (κ3) is 3.89. The third-order valence-electron chi connectivity index (χ3n) is 5.62. The van der Waals surface area contributed by atoms with Crippen LogP contribution >= 0.6 is 11.3 Å². The zero-order valence-corrected chi connectivity index (χ0v) is 17.0. The van der Waals surface area contributed by atoms with Crippen LogP contribution in [0.15, 0.2) is 17.6 Å². The number of carbonyl (C=O) groups is 1. The van der Waals surface area contributed by atoms with Gasteiger partial charge in [0.25, 0.3) is 5.91 Å². The standard InChI is InChI=1S/C20H24N4O4S/c25-19(18-17-16(12-29-18)27-9-10-28-17)22-14-2-6-24(11-14)20-21-5-1-15(23-20)13-3-7-26-8-4-13/h1,5,12-14H,2-4,6-11H2,(H,22,25). The van der Waals surface area contributed by atoms with Crippen molar-refractivity contribution in [3.05, 3.63) is 28.2 Å². The largest absolute Gasteiger partial charge is 0.485 e. The van der Waals surface area contributed by atoms with Crippen LogP contribution in [0.1, 0.15) is 40.5 Å². The highest BCUT2D eigenvalue weighted by Gasteiger charge is 2.29. The number of anilines is 1. The maximum atomic E-state index is 12.7. The monoisotopic (exact) mass is 416 g/mol. The number of nitrogens with one attached hydrogen (secondary N) is 1. The molecule has 3 aliphatic rings. The fourth-order valence-corrected chi connectivity index (χ4v) is 4.90. The van der Waals surface area contributed by atoms with Gasteiger partial charge in [0.15, 0.2) is 11.5 Å². The van der Waals surface area contributed by atoms with E-state index >= 15 is 0 Å². The van der Waals surface area contributed by atoms with Gasteiger partial charge in [-0.2, -0.15) is 0 Å². The lowest BCUT2D eigenvalue weighted by atomic mass is 9.96. The molecule has 1 atom stereocenters. The Morgan fingerprint density at radius 3 is 2.93 bits per heavy atom. The first kappa shape index (κ1) is 18.6. The Morgan fingerprint density at radius 1 is 1.17 bits per heavy atom. The minimum atomic E-state index is -0.106. The predicted molar refractivity (Wildman–Crippen MR) is 108 cm³/mol. The zero-order valence-electron chi connectivity index (χ0n) is 16.1. The van der Waals surface area contributed by atoms with Crippen LogP contribution in [0.4, 0.5) is 5.95 Å². The smallest absolute Gasteiger partial charge is 0.265 e. The molecule has 2 fully saturated rings. The van der Waals surface area contributed by atoms with E-state index in [0.717, 1.165) is 50.7 Å². The summed E-state index contributed by atoms with van der Waals surface area (Å²) in [5, 5.41) is 4.96. The molecule has 3 aliphatic heterocycles. The summed E-state index contributed by atoms with van der Waals surface area (Å²) in [6.45, 7) is 4.11. The molecule has 0 saturated carbocycles. The second-order valence-electron chi connectivity index (χ2n) is 7.53. The van der Waals surface area contributed by atoms with Crippen molar-refractivity contribution in [3.63, 3.8) is 0 Å². The second kappa shape index (κ2) is 8.16. The Hall–Kier alpha value is -2.39. The van der Waals surface area contributed by atoms with Crippen molar-refractivity contribution in [2.24, 2.45) is 0 Å². The van der Waals surface area contributed by atoms with Crippen LogP contribution in [0.5, 0.6) is 11.5 Å². The number of nitrogens with zero attached hydrogens (tertiary/aromatic N) is 3. The molecule has 2 aromatic heterocycles. The fourth-order valence-electron chi connectivity index (χ4n) is 4.07. The molecule has 0 aliphatic carbocycles. The summed E-state index contributed by atoms with van der Waals surface area (Å²) in [7, 11) is 0. The van der Waals surface area contributed by atoms with Crippen molar-refractivity contribution in [1.29, 1.82) is 0 Å². The minimum Gasteiger partial charge on any atom is -0.485 e. The molecular formula is C20H24N4O4S. The van der Waals surface area contributed by atoms with Gasteiger partial charge in [-0.25, -0.2) is 9.97 Å². The molecule has 29 heavy (non-hydrogen) atoms. The van der Waals surface area contributed by atoms with E-state index < -0.39 is 0 Å². The van der Waals surface area contributed by atoms with E-state index in [2.05, 4.69) is 15.2 Å². The van der Waals surface area contributed by atoms with Crippen molar-refractivity contribution in [2.45, 2.75) is 31.2 Å². The number of fused-ring (bicyclic) bond motifs is 1. The third-order valence-corrected chi connectivity index (χ3v) is 6.56. The maximum Gasteiger partial charge on any atom is 0.265 e. The van der Waals surface area contributed by atoms with Crippen LogP contribution in [0.3, 0.4) is 0 Å². The van der Waals surface area contributed by atoms with E-state index in [1.54, 1.807) is 0 Å². The molecule has 2 saturated heterocycles. The van der Waals surface area contributed by atoms with Crippen molar-refractivity contribution in [1.82, 2.24) is 15.3 Å². The lowest BCUT2D eigenvalue weighted by Gasteiger charge is -2.23.